The van der Waals surface area contributed by atoms with Gasteiger partial charge in [-0.25, -0.2) is 4.57 Å². The molecule has 0 saturated carbocycles. The van der Waals surface area contributed by atoms with Crippen molar-refractivity contribution >= 4 is 30.4 Å². The van der Waals surface area contributed by atoms with E-state index >= 15 is 0 Å². The van der Waals surface area contributed by atoms with Gasteiger partial charge in [0, 0.05) is 3.57 Å². The van der Waals surface area contributed by atoms with Crippen molar-refractivity contribution in [2.45, 2.75) is 70.6 Å². The topological polar surface area (TPSA) is 55.8 Å². The van der Waals surface area contributed by atoms with Crippen LogP contribution in [-0.2, 0) is 20.0 Å². The van der Waals surface area contributed by atoms with Gasteiger partial charge in [-0.3, -0.25) is 9.05 Å². The molecule has 1 N–H and O–H groups in total. The molecule has 1 rings (SSSR count). The molecule has 0 saturated heterocycles. The molecule has 1 aromatic rings. The Kier molecular flexibility index (Phi) is 14.7. The van der Waals surface area contributed by atoms with Gasteiger partial charge in [0.25, 0.3) is 0 Å². The van der Waals surface area contributed by atoms with Gasteiger partial charge in [-0.2, -0.15) is 0 Å². The van der Waals surface area contributed by atoms with E-state index in [4.69, 9.17) is 9.05 Å². The molecule has 0 radical (unpaired) electrons. The fourth-order valence-electron chi connectivity index (χ4n) is 3.19. The van der Waals surface area contributed by atoms with E-state index in [1.165, 1.54) is 60.5 Å². The third-order valence-electron chi connectivity index (χ3n) is 5.02. The summed E-state index contributed by atoms with van der Waals surface area (Å²) >= 11 is 2.38. The van der Waals surface area contributed by atoms with Crippen molar-refractivity contribution in [3.8, 4) is 0 Å². The first-order valence-corrected chi connectivity index (χ1v) is 13.9. The molecule has 0 fully saturated rings. The van der Waals surface area contributed by atoms with E-state index in [0.29, 0.717) is 17.6 Å². The van der Waals surface area contributed by atoms with Crippen molar-refractivity contribution in [1.82, 2.24) is 0 Å². The highest BCUT2D eigenvalue weighted by Crippen LogP contribution is 2.43. The normalized spacial score (nSPS) is 14.0. The highest BCUT2D eigenvalue weighted by Gasteiger charge is 2.21. The first-order chi connectivity index (χ1) is 14.2. The number of likely N-dealkylation sites (N-methyl/N-ethyl adjacent to an activating group) is 1. The molecule has 1 atom stereocenters. The van der Waals surface area contributed by atoms with Crippen molar-refractivity contribution < 1.29 is 23.0 Å². The van der Waals surface area contributed by atoms with Crippen LogP contribution < -0.4 is 0 Å². The van der Waals surface area contributed by atoms with Gasteiger partial charge in [-0.1, -0.05) is 63.5 Å². The van der Waals surface area contributed by atoms with Crippen molar-refractivity contribution in [1.29, 1.82) is 0 Å². The fourth-order valence-corrected chi connectivity index (χ4v) is 4.54. The average Bonchev–Trinajstić information content (AvgIpc) is 2.64. The maximum atomic E-state index is 11.8. The van der Waals surface area contributed by atoms with Crippen LogP contribution in [0.4, 0.5) is 0 Å². The molecule has 0 aliphatic heterocycles. The second kappa shape index (κ2) is 15.8. The van der Waals surface area contributed by atoms with Gasteiger partial charge >= 0.3 is 7.82 Å². The Morgan fingerprint density at radius 1 is 0.867 bits per heavy atom. The van der Waals surface area contributed by atoms with Gasteiger partial charge in [-0.05, 0) is 59.5 Å². The minimum absolute atomic E-state index is 0.225. The van der Waals surface area contributed by atoms with E-state index < -0.39 is 7.82 Å². The van der Waals surface area contributed by atoms with Crippen LogP contribution >= 0.6 is 30.4 Å². The molecule has 1 unspecified atom stereocenters. The van der Waals surface area contributed by atoms with Crippen LogP contribution in [0, 0.1) is 3.57 Å². The molecule has 0 amide bonds. The largest absolute Gasteiger partial charge is 0.472 e. The smallest absolute Gasteiger partial charge is 0.329 e. The van der Waals surface area contributed by atoms with Crippen LogP contribution in [0.2, 0.25) is 0 Å². The molecule has 30 heavy (non-hydrogen) atoms. The van der Waals surface area contributed by atoms with Gasteiger partial charge in [0.2, 0.25) is 0 Å². The van der Waals surface area contributed by atoms with Crippen LogP contribution in [-0.4, -0.2) is 50.3 Å². The van der Waals surface area contributed by atoms with E-state index in [0.717, 1.165) is 19.3 Å². The van der Waals surface area contributed by atoms with E-state index in [9.17, 15) is 9.46 Å². The summed E-state index contributed by atoms with van der Waals surface area (Å²) in [5.41, 5.74) is 1.46. The first-order valence-electron chi connectivity index (χ1n) is 11.3. The number of benzene rings is 1. The lowest BCUT2D eigenvalue weighted by Gasteiger charge is -2.24. The van der Waals surface area contributed by atoms with Crippen molar-refractivity contribution in [2.24, 2.45) is 0 Å². The van der Waals surface area contributed by atoms with E-state index in [2.05, 4.69) is 46.9 Å². The molecule has 1 aromatic carbocycles. The molecular formula is C23H42INO4P+. The van der Waals surface area contributed by atoms with Gasteiger partial charge in [-0.15, -0.1) is 0 Å². The van der Waals surface area contributed by atoms with E-state index in [-0.39, 0.29) is 6.61 Å². The number of quaternary nitrogens is 1. The number of hydrogen-bond acceptors (Lipinski definition) is 3. The monoisotopic (exact) mass is 554 g/mol. The van der Waals surface area contributed by atoms with Gasteiger partial charge < -0.3 is 9.38 Å². The number of phosphoric ester groups is 1. The van der Waals surface area contributed by atoms with Crippen LogP contribution in [0.25, 0.3) is 0 Å². The molecule has 0 heterocycles. The maximum absolute atomic E-state index is 11.8. The zero-order valence-electron chi connectivity index (χ0n) is 19.2. The van der Waals surface area contributed by atoms with Gasteiger partial charge in [0.05, 0.1) is 27.7 Å². The molecular weight excluding hydrogens is 512 g/mol. The lowest BCUT2D eigenvalue weighted by molar-refractivity contribution is -0.870. The number of aryl methyl sites for hydroxylation is 1. The third kappa shape index (κ3) is 16.7. The minimum atomic E-state index is -3.89. The Bertz CT molecular complexity index is 621. The summed E-state index contributed by atoms with van der Waals surface area (Å²) in [4.78, 5) is 9.65. The Morgan fingerprint density at radius 2 is 1.40 bits per heavy atom. The summed E-state index contributed by atoms with van der Waals surface area (Å²) < 4.78 is 23.8. The predicted molar refractivity (Wildman–Crippen MR) is 134 cm³/mol. The van der Waals surface area contributed by atoms with E-state index in [1.807, 2.05) is 21.1 Å². The van der Waals surface area contributed by atoms with Crippen LogP contribution in [0.5, 0.6) is 0 Å². The summed E-state index contributed by atoms with van der Waals surface area (Å²) in [5.74, 6) is 0. The SMILES string of the molecule is C[N+](C)(C)CCOP(=O)(O)OCCCCCCCCCCCCc1cccc(I)c1. The fraction of sp³-hybridized carbons (Fsp3) is 0.739. The van der Waals surface area contributed by atoms with Crippen LogP contribution in [0.1, 0.15) is 69.8 Å². The minimum Gasteiger partial charge on any atom is -0.329 e. The second-order valence-electron chi connectivity index (χ2n) is 9.06. The molecule has 0 aliphatic rings. The predicted octanol–water partition coefficient (Wildman–Crippen LogP) is 6.57. The van der Waals surface area contributed by atoms with Gasteiger partial charge in [0.1, 0.15) is 13.2 Å². The van der Waals surface area contributed by atoms with Crippen molar-refractivity contribution in [2.75, 3.05) is 40.9 Å². The van der Waals surface area contributed by atoms with Crippen LogP contribution in [0.3, 0.4) is 0 Å². The molecule has 5 nitrogen and oxygen atoms in total. The van der Waals surface area contributed by atoms with Crippen molar-refractivity contribution in [3.05, 3.63) is 33.4 Å². The maximum Gasteiger partial charge on any atom is 0.472 e. The highest BCUT2D eigenvalue weighted by atomic mass is 127. The average molecular weight is 554 g/mol. The highest BCUT2D eigenvalue weighted by molar-refractivity contribution is 14.1. The van der Waals surface area contributed by atoms with Gasteiger partial charge in [0.15, 0.2) is 0 Å². The standard InChI is InChI=1S/C23H41INO4P/c1-25(2,3)18-20-29-30(26,27)28-19-13-11-9-7-5-4-6-8-10-12-15-22-16-14-17-23(24)21-22/h14,16-17,21H,4-13,15,18-20H2,1-3H3/p+1. The first kappa shape index (κ1) is 28.1. The summed E-state index contributed by atoms with van der Waals surface area (Å²) in [5, 5.41) is 0. The third-order valence-corrected chi connectivity index (χ3v) is 6.71. The Labute approximate surface area is 197 Å². The zero-order chi connectivity index (χ0) is 22.3. The molecule has 0 spiro atoms. The summed E-state index contributed by atoms with van der Waals surface area (Å²) in [7, 11) is 2.15. The number of phosphoric acid groups is 1. The van der Waals surface area contributed by atoms with Crippen LogP contribution in [0.15, 0.2) is 24.3 Å². The van der Waals surface area contributed by atoms with Crippen molar-refractivity contribution in [3.63, 3.8) is 0 Å². The Morgan fingerprint density at radius 3 is 1.97 bits per heavy atom. The summed E-state index contributed by atoms with van der Waals surface area (Å²) in [6.07, 6.45) is 13.3. The number of hydrogen-bond donors (Lipinski definition) is 1. The molecule has 174 valence electrons. The quantitative estimate of drug-likeness (QED) is 0.0965. The number of nitrogens with zero attached hydrogens (tertiary/aromatic N) is 1. The Hall–Kier alpha value is 0.0200. The van der Waals surface area contributed by atoms with E-state index in [1.54, 1.807) is 0 Å². The Balaban J connectivity index is 1.86. The number of rotatable bonds is 18. The number of unbranched alkanes of at least 4 members (excludes halogenated alkanes) is 9. The molecule has 7 heteroatoms. The lowest BCUT2D eigenvalue weighted by Crippen LogP contribution is -2.37. The molecule has 0 bridgehead atoms. The second-order valence-corrected chi connectivity index (χ2v) is 11.8. The summed E-state index contributed by atoms with van der Waals surface area (Å²) in [6.45, 7) is 1.18. The molecule has 0 aromatic heterocycles. The zero-order valence-corrected chi connectivity index (χ0v) is 22.2. The number of halogens is 1. The lowest BCUT2D eigenvalue weighted by atomic mass is 10.0. The molecule has 0 aliphatic carbocycles. The summed E-state index contributed by atoms with van der Waals surface area (Å²) in [6, 6.07) is 8.80.